The molecule has 0 unspecified atom stereocenters. The highest BCUT2D eigenvalue weighted by Gasteiger charge is 2.37. The molecule has 2 aliphatic rings. The second-order valence-electron chi connectivity index (χ2n) is 8.78. The zero-order valence-corrected chi connectivity index (χ0v) is 23.2. The van der Waals surface area contributed by atoms with Crippen LogP contribution in [0.2, 0.25) is 0 Å². The van der Waals surface area contributed by atoms with Gasteiger partial charge in [-0.05, 0) is 90.2 Å². The fraction of sp³-hybridized carbons (Fsp3) is 0.0690. The molecule has 194 valence electrons. The van der Waals surface area contributed by atoms with Gasteiger partial charge in [0.15, 0.2) is 11.5 Å². The second kappa shape index (κ2) is 10.2. The standard InChI is InChI=1S/C29H18Br2N2O6/c30-22-11-17(12-23(31)26(22)37-14-16-5-6-18-3-1-2-4-19(18)9-16)10-21-27(34)32-29(36)33(28(21)35)20-7-8-24-25(13-20)39-15-38-24/h1-13H,14-15H2,(H,32,34,36)/b21-10+. The summed E-state index contributed by atoms with van der Waals surface area (Å²) >= 11 is 7.07. The number of imide groups is 2. The summed E-state index contributed by atoms with van der Waals surface area (Å²) < 4.78 is 18.0. The molecule has 0 spiro atoms. The molecular formula is C29H18Br2N2O6. The van der Waals surface area contributed by atoms with Crippen LogP contribution < -0.4 is 24.4 Å². The molecule has 1 fully saturated rings. The molecule has 39 heavy (non-hydrogen) atoms. The van der Waals surface area contributed by atoms with Gasteiger partial charge in [0.2, 0.25) is 6.79 Å². The third-order valence-corrected chi connectivity index (χ3v) is 7.42. The van der Waals surface area contributed by atoms with E-state index in [1.165, 1.54) is 12.1 Å². The Hall–Kier alpha value is -4.15. The Labute approximate surface area is 239 Å². The zero-order valence-electron chi connectivity index (χ0n) is 20.1. The van der Waals surface area contributed by atoms with Crippen molar-refractivity contribution in [3.05, 3.63) is 98.4 Å². The van der Waals surface area contributed by atoms with Crippen molar-refractivity contribution in [1.82, 2.24) is 5.32 Å². The van der Waals surface area contributed by atoms with Crippen molar-refractivity contribution >= 4 is 72.2 Å². The highest BCUT2D eigenvalue weighted by Crippen LogP contribution is 2.38. The van der Waals surface area contributed by atoms with Crippen LogP contribution in [0.15, 0.2) is 87.3 Å². The SMILES string of the molecule is O=C1NC(=O)N(c2ccc3c(c2)OCO3)C(=O)/C1=C/c1cc(Br)c(OCc2ccc3ccccc3c2)c(Br)c1. The fourth-order valence-corrected chi connectivity index (χ4v) is 5.82. The minimum atomic E-state index is -0.846. The molecule has 4 aromatic carbocycles. The van der Waals surface area contributed by atoms with Gasteiger partial charge in [0.05, 0.1) is 14.6 Å². The maximum atomic E-state index is 13.3. The summed E-state index contributed by atoms with van der Waals surface area (Å²) in [7, 11) is 0. The number of benzene rings is 4. The van der Waals surface area contributed by atoms with Gasteiger partial charge in [-0.3, -0.25) is 14.9 Å². The lowest BCUT2D eigenvalue weighted by Crippen LogP contribution is -2.54. The van der Waals surface area contributed by atoms with Crippen molar-refractivity contribution in [2.45, 2.75) is 6.61 Å². The second-order valence-corrected chi connectivity index (χ2v) is 10.5. The van der Waals surface area contributed by atoms with Crippen LogP contribution in [0.5, 0.6) is 17.2 Å². The molecule has 0 bridgehead atoms. The average molecular weight is 650 g/mol. The van der Waals surface area contributed by atoms with Gasteiger partial charge in [0.25, 0.3) is 11.8 Å². The first-order valence-corrected chi connectivity index (χ1v) is 13.4. The molecule has 0 aromatic heterocycles. The van der Waals surface area contributed by atoms with Gasteiger partial charge < -0.3 is 14.2 Å². The molecule has 0 radical (unpaired) electrons. The van der Waals surface area contributed by atoms with E-state index in [2.05, 4.69) is 61.4 Å². The Morgan fingerprint density at radius 1 is 0.872 bits per heavy atom. The molecule has 2 heterocycles. The molecule has 6 rings (SSSR count). The normalized spacial score (nSPS) is 15.7. The number of nitrogens with zero attached hydrogens (tertiary/aromatic N) is 1. The molecule has 2 aliphatic heterocycles. The minimum absolute atomic E-state index is 0.0499. The topological polar surface area (TPSA) is 94.2 Å². The van der Waals surface area contributed by atoms with Gasteiger partial charge in [0.1, 0.15) is 17.9 Å². The Morgan fingerprint density at radius 3 is 2.41 bits per heavy atom. The van der Waals surface area contributed by atoms with Crippen molar-refractivity contribution < 1.29 is 28.6 Å². The predicted molar refractivity (Wildman–Crippen MR) is 152 cm³/mol. The van der Waals surface area contributed by atoms with Gasteiger partial charge in [-0.15, -0.1) is 0 Å². The first-order valence-electron chi connectivity index (χ1n) is 11.8. The molecule has 0 atom stereocenters. The maximum absolute atomic E-state index is 13.3. The lowest BCUT2D eigenvalue weighted by molar-refractivity contribution is -0.122. The van der Waals surface area contributed by atoms with E-state index in [-0.39, 0.29) is 18.1 Å². The van der Waals surface area contributed by atoms with E-state index in [9.17, 15) is 14.4 Å². The lowest BCUT2D eigenvalue weighted by atomic mass is 10.1. The molecular weight excluding hydrogens is 632 g/mol. The van der Waals surface area contributed by atoms with Crippen LogP contribution in [0.3, 0.4) is 0 Å². The highest BCUT2D eigenvalue weighted by molar-refractivity contribution is 9.11. The van der Waals surface area contributed by atoms with E-state index in [1.807, 2.05) is 18.2 Å². The number of carbonyl (C=O) groups is 3. The average Bonchev–Trinajstić information content (AvgIpc) is 3.38. The number of ether oxygens (including phenoxy) is 3. The maximum Gasteiger partial charge on any atom is 0.335 e. The van der Waals surface area contributed by atoms with Crippen LogP contribution in [-0.4, -0.2) is 24.6 Å². The van der Waals surface area contributed by atoms with E-state index in [0.29, 0.717) is 38.4 Å². The summed E-state index contributed by atoms with van der Waals surface area (Å²) in [4.78, 5) is 39.4. The molecule has 1 saturated heterocycles. The van der Waals surface area contributed by atoms with Crippen molar-refractivity contribution in [3.63, 3.8) is 0 Å². The van der Waals surface area contributed by atoms with E-state index in [4.69, 9.17) is 14.2 Å². The van der Waals surface area contributed by atoms with Crippen molar-refractivity contribution in [3.8, 4) is 17.2 Å². The van der Waals surface area contributed by atoms with Crippen LogP contribution in [0, 0.1) is 0 Å². The summed E-state index contributed by atoms with van der Waals surface area (Å²) in [6.07, 6.45) is 1.42. The quantitative estimate of drug-likeness (QED) is 0.200. The molecule has 10 heteroatoms. The smallest absolute Gasteiger partial charge is 0.335 e. The van der Waals surface area contributed by atoms with Crippen LogP contribution in [0.4, 0.5) is 10.5 Å². The number of hydrogen-bond acceptors (Lipinski definition) is 6. The Balaban J connectivity index is 1.25. The molecule has 0 saturated carbocycles. The zero-order chi connectivity index (χ0) is 27.1. The van der Waals surface area contributed by atoms with E-state index in [0.717, 1.165) is 21.2 Å². The number of nitrogens with one attached hydrogen (secondary N) is 1. The summed E-state index contributed by atoms with van der Waals surface area (Å²) in [6.45, 7) is 0.393. The summed E-state index contributed by atoms with van der Waals surface area (Å²) in [5.74, 6) is -0.0602. The fourth-order valence-electron chi connectivity index (χ4n) is 4.37. The van der Waals surface area contributed by atoms with Crippen LogP contribution >= 0.6 is 31.9 Å². The third-order valence-electron chi connectivity index (χ3n) is 6.24. The number of rotatable bonds is 5. The molecule has 0 aliphatic carbocycles. The van der Waals surface area contributed by atoms with Gasteiger partial charge in [-0.2, -0.15) is 0 Å². The predicted octanol–water partition coefficient (Wildman–Crippen LogP) is 6.34. The number of anilines is 1. The number of fused-ring (bicyclic) bond motifs is 2. The van der Waals surface area contributed by atoms with Gasteiger partial charge in [-0.1, -0.05) is 36.4 Å². The Bertz CT molecular complexity index is 1690. The summed E-state index contributed by atoms with van der Waals surface area (Å²) in [6, 6.07) is 21.5. The van der Waals surface area contributed by atoms with E-state index < -0.39 is 17.8 Å². The van der Waals surface area contributed by atoms with Gasteiger partial charge in [0, 0.05) is 6.07 Å². The Kier molecular flexibility index (Phi) is 6.58. The van der Waals surface area contributed by atoms with Gasteiger partial charge in [-0.25, -0.2) is 9.69 Å². The van der Waals surface area contributed by atoms with Crippen LogP contribution in [0.1, 0.15) is 11.1 Å². The first-order chi connectivity index (χ1) is 18.9. The van der Waals surface area contributed by atoms with E-state index in [1.54, 1.807) is 24.3 Å². The molecule has 8 nitrogen and oxygen atoms in total. The lowest BCUT2D eigenvalue weighted by Gasteiger charge is -2.26. The van der Waals surface area contributed by atoms with Crippen LogP contribution in [-0.2, 0) is 16.2 Å². The van der Waals surface area contributed by atoms with Crippen molar-refractivity contribution in [1.29, 1.82) is 0 Å². The van der Waals surface area contributed by atoms with E-state index >= 15 is 0 Å². The van der Waals surface area contributed by atoms with Crippen molar-refractivity contribution in [2.24, 2.45) is 0 Å². The van der Waals surface area contributed by atoms with Gasteiger partial charge >= 0.3 is 6.03 Å². The highest BCUT2D eigenvalue weighted by atomic mass is 79.9. The molecule has 4 aromatic rings. The van der Waals surface area contributed by atoms with Crippen LogP contribution in [0.25, 0.3) is 16.8 Å². The number of amides is 4. The number of barbiturate groups is 1. The number of halogens is 2. The number of urea groups is 1. The first kappa shape index (κ1) is 25.1. The monoisotopic (exact) mass is 648 g/mol. The summed E-state index contributed by atoms with van der Waals surface area (Å²) in [5.41, 5.74) is 1.61. The third kappa shape index (κ3) is 4.88. The summed E-state index contributed by atoms with van der Waals surface area (Å²) in [5, 5.41) is 4.51. The van der Waals surface area contributed by atoms with Crippen molar-refractivity contribution in [2.75, 3.05) is 11.7 Å². The number of carbonyl (C=O) groups excluding carboxylic acids is 3. The largest absolute Gasteiger partial charge is 0.487 e. The molecule has 1 N–H and O–H groups in total. The number of hydrogen-bond donors (Lipinski definition) is 1. The molecule has 4 amide bonds. The Morgan fingerprint density at radius 2 is 1.62 bits per heavy atom. The minimum Gasteiger partial charge on any atom is -0.487 e.